The summed E-state index contributed by atoms with van der Waals surface area (Å²) in [6.45, 7) is 45.6. The second-order valence-corrected chi connectivity index (χ2v) is 28.3. The smallest absolute Gasteiger partial charge is 0.134 e. The van der Waals surface area contributed by atoms with Crippen molar-refractivity contribution in [3.8, 4) is 0 Å². The molecule has 0 fully saturated rings. The highest BCUT2D eigenvalue weighted by Crippen LogP contribution is 2.33. The number of fused-ring (bicyclic) bond motifs is 6. The van der Waals surface area contributed by atoms with Gasteiger partial charge in [-0.15, -0.1) is 0 Å². The maximum atomic E-state index is 5.82. The van der Waals surface area contributed by atoms with Crippen LogP contribution in [-0.4, -0.2) is 0 Å². The van der Waals surface area contributed by atoms with Crippen LogP contribution >= 0.6 is 0 Å². The highest BCUT2D eigenvalue weighted by atomic mass is 16.4. The number of hydrogen-bond acceptors (Lipinski definition) is 5. The molecule has 5 heteroatoms. The van der Waals surface area contributed by atoms with E-state index in [0.29, 0.717) is 11.8 Å². The maximum Gasteiger partial charge on any atom is 0.134 e. The van der Waals surface area contributed by atoms with Crippen molar-refractivity contribution in [3.05, 3.63) is 218 Å². The molecule has 0 N–H and O–H groups in total. The second kappa shape index (κ2) is 27.2. The van der Waals surface area contributed by atoms with E-state index in [1.54, 1.807) is 5.57 Å². The van der Waals surface area contributed by atoms with Gasteiger partial charge in [0.1, 0.15) is 56.7 Å². The van der Waals surface area contributed by atoms with Crippen molar-refractivity contribution < 1.29 is 22.1 Å². The molecular weight excluding hydrogens is 1030 g/mol. The Balaban J connectivity index is 0.000000145. The summed E-state index contributed by atoms with van der Waals surface area (Å²) in [5, 5.41) is 6.03. The first-order chi connectivity index (χ1) is 39.3. The highest BCUT2D eigenvalue weighted by molar-refractivity contribution is 5.81. The van der Waals surface area contributed by atoms with Crippen molar-refractivity contribution in [3.63, 3.8) is 0 Å². The number of allylic oxidation sites excluding steroid dienone is 1. The van der Waals surface area contributed by atoms with Crippen LogP contribution in [0.5, 0.6) is 0 Å². The predicted octanol–water partition coefficient (Wildman–Crippen LogP) is 24.2. The molecule has 0 spiro atoms. The lowest BCUT2D eigenvalue weighted by atomic mass is 9.91. The first-order valence-electron chi connectivity index (χ1n) is 30.6. The van der Waals surface area contributed by atoms with Gasteiger partial charge in [-0.1, -0.05) is 199 Å². The number of hydrogen-bond donors (Lipinski definition) is 0. The van der Waals surface area contributed by atoms with Crippen LogP contribution in [0.4, 0.5) is 0 Å². The lowest BCUT2D eigenvalue weighted by Crippen LogP contribution is -2.08. The van der Waals surface area contributed by atoms with Gasteiger partial charge in [-0.2, -0.15) is 0 Å². The molecule has 1 aliphatic rings. The third-order valence-electron chi connectivity index (χ3n) is 14.6. The van der Waals surface area contributed by atoms with E-state index in [2.05, 4.69) is 279 Å². The van der Waals surface area contributed by atoms with E-state index in [1.165, 1.54) is 84.3 Å². The Morgan fingerprint density at radius 2 is 0.774 bits per heavy atom. The van der Waals surface area contributed by atoms with Gasteiger partial charge in [0.25, 0.3) is 0 Å². The van der Waals surface area contributed by atoms with Crippen molar-refractivity contribution in [1.82, 2.24) is 0 Å². The zero-order valence-corrected chi connectivity index (χ0v) is 55.0. The Morgan fingerprint density at radius 3 is 1.27 bits per heavy atom. The Labute approximate surface area is 503 Å². The number of furan rings is 5. The van der Waals surface area contributed by atoms with Crippen LogP contribution in [0.2, 0.25) is 0 Å². The topological polar surface area (TPSA) is 65.7 Å². The van der Waals surface area contributed by atoms with E-state index < -0.39 is 0 Å². The Hall–Kier alpha value is -7.24. The summed E-state index contributed by atoms with van der Waals surface area (Å²) in [6, 6.07) is 49.1. The van der Waals surface area contributed by atoms with Crippen molar-refractivity contribution in [2.24, 2.45) is 17.3 Å². The van der Waals surface area contributed by atoms with Crippen LogP contribution in [-0.2, 0) is 30.1 Å². The molecule has 0 saturated heterocycles. The van der Waals surface area contributed by atoms with E-state index >= 15 is 0 Å². The van der Waals surface area contributed by atoms with Crippen molar-refractivity contribution in [2.45, 2.75) is 188 Å². The molecule has 5 nitrogen and oxygen atoms in total. The van der Waals surface area contributed by atoms with E-state index in [-0.39, 0.29) is 16.2 Å². The fourth-order valence-corrected chi connectivity index (χ4v) is 10.2. The molecule has 11 aromatic rings. The van der Waals surface area contributed by atoms with Gasteiger partial charge in [0, 0.05) is 56.5 Å². The molecule has 5 heterocycles. The summed E-state index contributed by atoms with van der Waals surface area (Å²) in [7, 11) is 0. The lowest BCUT2D eigenvalue weighted by molar-refractivity contribution is 0.370. The first-order valence-corrected chi connectivity index (χ1v) is 30.6. The molecule has 0 bridgehead atoms. The minimum Gasteiger partial charge on any atom is -0.461 e. The molecule has 12 rings (SSSR count). The third kappa shape index (κ3) is 18.6. The summed E-state index contributed by atoms with van der Waals surface area (Å²) in [5.41, 5.74) is 17.7. The van der Waals surface area contributed by atoms with Crippen LogP contribution in [0.1, 0.15) is 190 Å². The van der Waals surface area contributed by atoms with E-state index in [9.17, 15) is 0 Å². The van der Waals surface area contributed by atoms with Crippen LogP contribution in [0.25, 0.3) is 60.9 Å². The van der Waals surface area contributed by atoms with Crippen LogP contribution in [0, 0.1) is 58.8 Å². The van der Waals surface area contributed by atoms with Gasteiger partial charge in [-0.05, 0) is 172 Å². The van der Waals surface area contributed by atoms with Gasteiger partial charge in [0.15, 0.2) is 0 Å². The van der Waals surface area contributed by atoms with Gasteiger partial charge in [-0.25, -0.2) is 0 Å². The Kier molecular flexibility index (Phi) is 20.8. The Bertz CT molecular complexity index is 3860. The molecule has 0 atom stereocenters. The molecule has 0 radical (unpaired) electrons. The van der Waals surface area contributed by atoms with Gasteiger partial charge in [0.05, 0.1) is 0 Å². The van der Waals surface area contributed by atoms with E-state index in [4.69, 9.17) is 22.1 Å². The zero-order chi connectivity index (χ0) is 61.4. The van der Waals surface area contributed by atoms with E-state index in [0.717, 1.165) is 75.5 Å². The highest BCUT2D eigenvalue weighted by Gasteiger charge is 2.21. The largest absolute Gasteiger partial charge is 0.461 e. The average Bonchev–Trinajstić information content (AvgIpc) is 4.45. The zero-order valence-electron chi connectivity index (χ0n) is 55.0. The van der Waals surface area contributed by atoms with Crippen molar-refractivity contribution in [2.75, 3.05) is 0 Å². The second-order valence-electron chi connectivity index (χ2n) is 28.3. The minimum atomic E-state index is 0.0902. The molecular formula is C79H98O5. The summed E-state index contributed by atoms with van der Waals surface area (Å²) in [6.07, 6.45) is 6.80. The summed E-state index contributed by atoms with van der Waals surface area (Å²) < 4.78 is 28.9. The number of aryl methyl sites for hydroxylation is 6. The lowest BCUT2D eigenvalue weighted by Gasteiger charge is -2.15. The molecule has 0 unspecified atom stereocenters. The van der Waals surface area contributed by atoms with Crippen LogP contribution < -0.4 is 0 Å². The fourth-order valence-electron chi connectivity index (χ4n) is 10.2. The van der Waals surface area contributed by atoms with Gasteiger partial charge in [-0.3, -0.25) is 0 Å². The monoisotopic (exact) mass is 1130 g/mol. The quantitative estimate of drug-likeness (QED) is 0.166. The molecule has 0 aliphatic heterocycles. The van der Waals surface area contributed by atoms with E-state index in [1.807, 2.05) is 12.1 Å². The average molecular weight is 1130 g/mol. The normalized spacial score (nSPS) is 12.4. The standard InChI is InChI=1S/C14H18O.C14H18.3C13H16O.C12H14O/c1-10-5-6-11-8-12(9-14(2,3)4)15-13(11)7-10;1-10(2)6-12-8-13-5-4-11(3)7-14(13)9-12;1-9-5-6-11-10(7-9)8-12(14-11)13(2,3)4;1-9-5-6-10-8-12(13(2,3)4)14-11(10)7-9;1-9(2)6-12-8-11-5-4-10(3)7-13(11)14-12;1-8(2)12-7-10-6-9(3)4-5-11(10)13-12/h5-8H,9H2,1-4H3;4-5,7,9-10H,6,8H2,1-3H3;2*5-8H,1-4H3;4-5,7-9H,6H2,1-3H3;4-8H,1-3H3. The predicted molar refractivity (Wildman–Crippen MR) is 360 cm³/mol. The number of benzene rings is 6. The maximum absolute atomic E-state index is 5.82. The number of rotatable bonds is 6. The molecule has 0 saturated carbocycles. The summed E-state index contributed by atoms with van der Waals surface area (Å²) >= 11 is 0. The summed E-state index contributed by atoms with van der Waals surface area (Å²) in [5.74, 6) is 7.25. The SMILES string of the molecule is Cc1ccc2c(c1)C=C(CC(C)C)C2.Cc1ccc2cc(C(C)(C)C)oc2c1.Cc1ccc2cc(CC(C)(C)C)oc2c1.Cc1ccc2cc(CC(C)C)oc2c1.Cc1ccc2oc(C(C)(C)C)cc2c1.Cc1ccc2oc(C(C)C)cc2c1. The van der Waals surface area contributed by atoms with Crippen LogP contribution in [0.15, 0.2) is 167 Å². The van der Waals surface area contributed by atoms with Crippen molar-refractivity contribution in [1.29, 1.82) is 0 Å². The third-order valence-corrected chi connectivity index (χ3v) is 14.6. The molecule has 0 amide bonds. The minimum absolute atomic E-state index is 0.0902. The van der Waals surface area contributed by atoms with Crippen molar-refractivity contribution >= 4 is 60.9 Å². The van der Waals surface area contributed by atoms with Crippen LogP contribution in [0.3, 0.4) is 0 Å². The summed E-state index contributed by atoms with van der Waals surface area (Å²) in [4.78, 5) is 0. The van der Waals surface area contributed by atoms with Gasteiger partial charge >= 0.3 is 0 Å². The Morgan fingerprint density at radius 1 is 0.369 bits per heavy atom. The first kappa shape index (κ1) is 64.3. The molecule has 1 aliphatic carbocycles. The molecule has 84 heavy (non-hydrogen) atoms. The van der Waals surface area contributed by atoms with Gasteiger partial charge in [0.2, 0.25) is 0 Å². The molecule has 6 aromatic carbocycles. The van der Waals surface area contributed by atoms with Gasteiger partial charge < -0.3 is 22.1 Å². The fraction of sp³-hybridized carbons (Fsp3) is 0.392. The molecule has 444 valence electrons. The molecule has 5 aromatic heterocycles.